The highest BCUT2D eigenvalue weighted by molar-refractivity contribution is 7.61. The lowest BCUT2D eigenvalue weighted by Crippen LogP contribution is -2.58. The highest BCUT2D eigenvalue weighted by atomic mass is 31.3. The molecule has 0 spiro atoms. The molecule has 4 heterocycles. The highest BCUT2D eigenvalue weighted by Crippen LogP contribution is 2.61. The Kier molecular flexibility index (Phi) is 8.51. The van der Waals surface area contributed by atoms with Gasteiger partial charge in [-0.3, -0.25) is 13.6 Å². The van der Waals surface area contributed by atoms with Gasteiger partial charge >= 0.3 is 15.6 Å². The molecule has 10 N–H and O–H groups in total. The number of hydrogen-bond acceptors (Lipinski definition) is 17. The predicted molar refractivity (Wildman–Crippen MR) is 117 cm³/mol. The van der Waals surface area contributed by atoms with Crippen molar-refractivity contribution in [3.63, 3.8) is 0 Å². The van der Waals surface area contributed by atoms with Crippen LogP contribution in [0.4, 0.5) is 5.82 Å². The van der Waals surface area contributed by atoms with Crippen LogP contribution >= 0.6 is 15.6 Å². The van der Waals surface area contributed by atoms with Gasteiger partial charge in [-0.2, -0.15) is 4.31 Å². The number of anilines is 1. The van der Waals surface area contributed by atoms with E-state index in [4.69, 9.17) is 20.3 Å². The largest absolute Gasteiger partial charge is 0.483 e. The van der Waals surface area contributed by atoms with Gasteiger partial charge in [0.25, 0.3) is 0 Å². The van der Waals surface area contributed by atoms with Crippen LogP contribution in [0.25, 0.3) is 11.2 Å². The lowest BCUT2D eigenvalue weighted by atomic mass is 10.00. The number of nitrogens with zero attached hydrogens (tertiary/aromatic N) is 4. The zero-order chi connectivity index (χ0) is 28.0. The maximum absolute atomic E-state index is 12.3. The lowest BCUT2D eigenvalue weighted by Gasteiger charge is -2.39. The molecule has 11 atom stereocenters. The monoisotopic (exact) mass is 589 g/mol. The molecule has 0 saturated carbocycles. The molecule has 2 saturated heterocycles. The molecular formula is C16H25N5O15P2. The van der Waals surface area contributed by atoms with Crippen molar-refractivity contribution >= 4 is 32.6 Å². The summed E-state index contributed by atoms with van der Waals surface area (Å²) in [5.74, 6) is 0.0411. The van der Waals surface area contributed by atoms with E-state index in [1.807, 2.05) is 0 Å². The van der Waals surface area contributed by atoms with Gasteiger partial charge in [-0.25, -0.2) is 24.1 Å². The summed E-state index contributed by atoms with van der Waals surface area (Å²) in [6.45, 7) is -1.82. The molecule has 214 valence electrons. The summed E-state index contributed by atoms with van der Waals surface area (Å²) >= 11 is 0. The molecule has 0 aromatic carbocycles. The van der Waals surface area contributed by atoms with E-state index in [-0.39, 0.29) is 17.0 Å². The van der Waals surface area contributed by atoms with Crippen molar-refractivity contribution in [2.75, 3.05) is 18.9 Å². The second kappa shape index (κ2) is 11.0. The van der Waals surface area contributed by atoms with Crippen molar-refractivity contribution in [2.24, 2.45) is 0 Å². The topological polar surface area (TPSA) is 312 Å². The van der Waals surface area contributed by atoms with E-state index in [0.717, 1.165) is 6.33 Å². The van der Waals surface area contributed by atoms with Gasteiger partial charge in [-0.15, -0.1) is 0 Å². The highest BCUT2D eigenvalue weighted by Gasteiger charge is 2.49. The van der Waals surface area contributed by atoms with Crippen LogP contribution in [0.15, 0.2) is 12.7 Å². The van der Waals surface area contributed by atoms with Gasteiger partial charge in [0.2, 0.25) is 0 Å². The smallest absolute Gasteiger partial charge is 0.394 e. The molecule has 4 rings (SSSR count). The molecule has 2 aromatic heterocycles. The molecule has 0 bridgehead atoms. The third kappa shape index (κ3) is 5.89. The number of hydrogen-bond donors (Lipinski definition) is 9. The summed E-state index contributed by atoms with van der Waals surface area (Å²) in [6.07, 6.45) is -13.3. The van der Waals surface area contributed by atoms with Crippen LogP contribution in [-0.2, 0) is 32.0 Å². The Balaban J connectivity index is 1.38. The minimum Gasteiger partial charge on any atom is -0.394 e. The van der Waals surface area contributed by atoms with E-state index in [1.165, 1.54) is 10.9 Å². The molecule has 20 nitrogen and oxygen atoms in total. The molecule has 0 amide bonds. The second-order valence-electron chi connectivity index (χ2n) is 8.25. The number of aromatic nitrogens is 4. The summed E-state index contributed by atoms with van der Waals surface area (Å²) in [5.41, 5.74) is 6.05. The fourth-order valence-corrected chi connectivity index (χ4v) is 5.94. The minimum atomic E-state index is -5.56. The van der Waals surface area contributed by atoms with Crippen molar-refractivity contribution in [1.82, 2.24) is 19.5 Å². The number of phosphoric ester groups is 2. The predicted octanol–water partition coefficient (Wildman–Crippen LogP) is -3.92. The molecule has 22 heteroatoms. The van der Waals surface area contributed by atoms with E-state index in [9.17, 15) is 44.4 Å². The molecule has 5 unspecified atom stereocenters. The molecule has 2 aliphatic rings. The van der Waals surface area contributed by atoms with E-state index in [2.05, 4.69) is 28.3 Å². The van der Waals surface area contributed by atoms with Gasteiger partial charge in [0, 0.05) is 0 Å². The van der Waals surface area contributed by atoms with Crippen molar-refractivity contribution in [3.05, 3.63) is 12.7 Å². The van der Waals surface area contributed by atoms with Gasteiger partial charge in [0.05, 0.1) is 19.5 Å². The molecule has 38 heavy (non-hydrogen) atoms. The number of ether oxygens (including phenoxy) is 2. The Morgan fingerprint density at radius 2 is 1.61 bits per heavy atom. The van der Waals surface area contributed by atoms with E-state index >= 15 is 0 Å². The number of fused-ring (bicyclic) bond motifs is 1. The van der Waals surface area contributed by atoms with Crippen LogP contribution in [0, 0.1) is 0 Å². The first-order valence-corrected chi connectivity index (χ1v) is 13.7. The van der Waals surface area contributed by atoms with Crippen molar-refractivity contribution < 1.29 is 72.4 Å². The average Bonchev–Trinajstić information content (AvgIpc) is 3.39. The Labute approximate surface area is 212 Å². The molecular weight excluding hydrogens is 564 g/mol. The first-order chi connectivity index (χ1) is 17.7. The summed E-state index contributed by atoms with van der Waals surface area (Å²) in [6, 6.07) is 0. The van der Waals surface area contributed by atoms with Crippen LogP contribution in [-0.4, -0.2) is 122 Å². The van der Waals surface area contributed by atoms with Crippen molar-refractivity contribution in [3.8, 4) is 0 Å². The number of imidazole rings is 1. The minimum absolute atomic E-state index is 0.0411. The Bertz CT molecular complexity index is 1230. The van der Waals surface area contributed by atoms with Gasteiger partial charge in [0.1, 0.15) is 54.6 Å². The number of aliphatic hydroxyl groups excluding tert-OH is 6. The zero-order valence-corrected chi connectivity index (χ0v) is 20.7. The first kappa shape index (κ1) is 29.3. The normalized spacial score (nSPS) is 37.2. The summed E-state index contributed by atoms with van der Waals surface area (Å²) in [7, 11) is -11.0. The van der Waals surface area contributed by atoms with E-state index in [1.54, 1.807) is 0 Å². The molecule has 2 fully saturated rings. The summed E-state index contributed by atoms with van der Waals surface area (Å²) in [5, 5.41) is 59.2. The van der Waals surface area contributed by atoms with Crippen LogP contribution in [0.1, 0.15) is 6.23 Å². The van der Waals surface area contributed by atoms with Gasteiger partial charge in [-0.1, -0.05) is 0 Å². The fraction of sp³-hybridized carbons (Fsp3) is 0.688. The van der Waals surface area contributed by atoms with Gasteiger partial charge < -0.3 is 55.6 Å². The summed E-state index contributed by atoms with van der Waals surface area (Å²) in [4.78, 5) is 31.5. The maximum atomic E-state index is 12.3. The standard InChI is InChI=1S/C16H25N5O15P2/c17-13-7-14(19-3-18-13)21(4-20-7)15-11(26)9(24)6(33-15)2-32-37(28,29)36-38(30,31)35-16-12(27)10(25)8(23)5(1-22)34-16/h3-6,8-12,15-16,22-27H,1-2H2,(H,28,29)(H,30,31)(H2,17,18,19)/t5?,6-,8-,9+,10+,11?,12?,15-,16+/m1/s1. The van der Waals surface area contributed by atoms with Crippen molar-refractivity contribution in [1.29, 1.82) is 0 Å². The van der Waals surface area contributed by atoms with Crippen LogP contribution < -0.4 is 5.73 Å². The summed E-state index contributed by atoms with van der Waals surface area (Å²) < 4.78 is 49.3. The Hall–Kier alpha value is -1.71. The SMILES string of the molecule is Nc1ncnc2c1ncn2[C@@H]1O[C@H](COP(=O)(O)OP(=O)(O)O[C@@H]2OC(CO)[C@@H](O)[C@H](O)C2O)[C@H](O)C1O. The zero-order valence-electron chi connectivity index (χ0n) is 19.0. The van der Waals surface area contributed by atoms with E-state index < -0.39 is 84.1 Å². The second-order valence-corrected chi connectivity index (χ2v) is 11.2. The number of aliphatic hydroxyl groups is 6. The molecule has 2 aliphatic heterocycles. The maximum Gasteiger partial charge on any atom is 0.483 e. The number of phosphoric acid groups is 2. The quantitative estimate of drug-likeness (QED) is 0.126. The van der Waals surface area contributed by atoms with E-state index in [0.29, 0.717) is 0 Å². The Morgan fingerprint density at radius 3 is 2.29 bits per heavy atom. The van der Waals surface area contributed by atoms with Gasteiger partial charge in [0.15, 0.2) is 24.0 Å². The van der Waals surface area contributed by atoms with Crippen molar-refractivity contribution in [2.45, 2.75) is 55.2 Å². The van der Waals surface area contributed by atoms with Gasteiger partial charge in [-0.05, 0) is 0 Å². The third-order valence-electron chi connectivity index (χ3n) is 5.69. The van der Waals surface area contributed by atoms with Crippen LogP contribution in [0.3, 0.4) is 0 Å². The third-order valence-corrected chi connectivity index (χ3v) is 8.29. The first-order valence-electron chi connectivity index (χ1n) is 10.7. The molecule has 2 aromatic rings. The Morgan fingerprint density at radius 1 is 0.921 bits per heavy atom. The number of rotatable bonds is 9. The molecule has 0 aliphatic carbocycles. The number of nitrogen functional groups attached to an aromatic ring is 1. The number of nitrogens with two attached hydrogens (primary N) is 1. The fourth-order valence-electron chi connectivity index (χ4n) is 3.78. The molecule has 0 radical (unpaired) electrons. The average molecular weight is 589 g/mol. The van der Waals surface area contributed by atoms with Crippen LogP contribution in [0.2, 0.25) is 0 Å². The van der Waals surface area contributed by atoms with Crippen LogP contribution in [0.5, 0.6) is 0 Å². The lowest BCUT2D eigenvalue weighted by molar-refractivity contribution is -0.280.